The first-order chi connectivity index (χ1) is 11.5. The molecule has 5 nitrogen and oxygen atoms in total. The normalized spacial score (nSPS) is 10.8. The maximum absolute atomic E-state index is 14.1. The van der Waals surface area contributed by atoms with Crippen molar-refractivity contribution in [3.63, 3.8) is 0 Å². The van der Waals surface area contributed by atoms with Crippen LogP contribution in [0.25, 0.3) is 11.3 Å². The van der Waals surface area contributed by atoms with Crippen molar-refractivity contribution in [1.29, 1.82) is 0 Å². The quantitative estimate of drug-likeness (QED) is 0.754. The molecule has 0 aliphatic carbocycles. The lowest BCUT2D eigenvalue weighted by atomic mass is 10.0. The Morgan fingerprint density at radius 2 is 2.21 bits per heavy atom. The average Bonchev–Trinajstić information content (AvgIpc) is 3.11. The highest BCUT2D eigenvalue weighted by Gasteiger charge is 2.25. The van der Waals surface area contributed by atoms with Crippen molar-refractivity contribution in [2.75, 3.05) is 0 Å². The average molecular weight is 366 g/mol. The Kier molecular flexibility index (Phi) is 4.64. The number of carbonyl (C=O) groups excluding carboxylic acids is 1. The van der Waals surface area contributed by atoms with E-state index in [9.17, 15) is 9.18 Å². The highest BCUT2D eigenvalue weighted by molar-refractivity contribution is 7.11. The molecule has 1 N–H and O–H groups in total. The van der Waals surface area contributed by atoms with Crippen molar-refractivity contribution in [1.82, 2.24) is 15.5 Å². The minimum absolute atomic E-state index is 0.0507. The molecule has 24 heavy (non-hydrogen) atoms. The van der Waals surface area contributed by atoms with Gasteiger partial charge in [0.1, 0.15) is 22.8 Å². The Labute approximate surface area is 146 Å². The van der Waals surface area contributed by atoms with Crippen molar-refractivity contribution < 1.29 is 13.7 Å². The van der Waals surface area contributed by atoms with Crippen LogP contribution in [0.1, 0.15) is 26.0 Å². The van der Waals surface area contributed by atoms with E-state index in [0.717, 1.165) is 9.88 Å². The molecule has 3 rings (SSSR count). The maximum Gasteiger partial charge on any atom is 0.257 e. The van der Waals surface area contributed by atoms with Crippen LogP contribution in [0.15, 0.2) is 28.9 Å². The lowest BCUT2D eigenvalue weighted by Crippen LogP contribution is -2.23. The zero-order valence-corrected chi connectivity index (χ0v) is 14.5. The van der Waals surface area contributed by atoms with E-state index in [1.165, 1.54) is 29.5 Å². The Hall–Kier alpha value is -2.25. The molecular formula is C16H13ClFN3O2S. The predicted molar refractivity (Wildman–Crippen MR) is 89.7 cm³/mol. The monoisotopic (exact) mass is 365 g/mol. The molecule has 3 aromatic rings. The van der Waals surface area contributed by atoms with Gasteiger partial charge in [0.05, 0.1) is 22.1 Å². The highest BCUT2D eigenvalue weighted by Crippen LogP contribution is 2.33. The van der Waals surface area contributed by atoms with Gasteiger partial charge in [0.15, 0.2) is 0 Å². The molecule has 0 unspecified atom stereocenters. The smallest absolute Gasteiger partial charge is 0.257 e. The van der Waals surface area contributed by atoms with Crippen LogP contribution < -0.4 is 5.32 Å². The molecule has 2 aromatic heterocycles. The Morgan fingerprint density at radius 3 is 2.88 bits per heavy atom. The number of hydrogen-bond donors (Lipinski definition) is 1. The Bertz CT molecular complexity index is 886. The fourth-order valence-electron chi connectivity index (χ4n) is 2.28. The standard InChI is InChI=1S/C16H13ClFN3O2S/c1-8-13(16(22)20-7-10-6-19-9(2)24-10)15(21-23-8)14-11(17)4-3-5-12(14)18/h3-6H,7H2,1-2H3,(H,20,22). The van der Waals surface area contributed by atoms with Gasteiger partial charge in [-0.2, -0.15) is 0 Å². The number of amides is 1. The Morgan fingerprint density at radius 1 is 1.42 bits per heavy atom. The Balaban J connectivity index is 1.91. The number of nitrogens with one attached hydrogen (secondary N) is 1. The number of halogens is 2. The number of aromatic nitrogens is 2. The van der Waals surface area contributed by atoms with Gasteiger partial charge in [-0.1, -0.05) is 22.8 Å². The second-order valence-corrected chi connectivity index (χ2v) is 6.81. The summed E-state index contributed by atoms with van der Waals surface area (Å²) in [5.41, 5.74) is 0.312. The minimum Gasteiger partial charge on any atom is -0.360 e. The summed E-state index contributed by atoms with van der Waals surface area (Å²) in [5.74, 6) is -0.681. The molecule has 0 spiro atoms. The van der Waals surface area contributed by atoms with Crippen molar-refractivity contribution in [3.05, 3.63) is 56.4 Å². The molecule has 0 aliphatic rings. The van der Waals surface area contributed by atoms with Gasteiger partial charge in [0.2, 0.25) is 0 Å². The molecule has 0 saturated heterocycles. The van der Waals surface area contributed by atoms with E-state index in [1.807, 2.05) is 6.92 Å². The third-order valence-electron chi connectivity index (χ3n) is 3.38. The summed E-state index contributed by atoms with van der Waals surface area (Å²) >= 11 is 7.56. The van der Waals surface area contributed by atoms with Crippen molar-refractivity contribution in [3.8, 4) is 11.3 Å². The summed E-state index contributed by atoms with van der Waals surface area (Å²) in [6.07, 6.45) is 1.70. The van der Waals surface area contributed by atoms with Gasteiger partial charge >= 0.3 is 0 Å². The SMILES string of the molecule is Cc1ncc(CNC(=O)c2c(-c3c(F)cccc3Cl)noc2C)s1. The van der Waals surface area contributed by atoms with Crippen molar-refractivity contribution in [2.24, 2.45) is 0 Å². The number of rotatable bonds is 4. The van der Waals surface area contributed by atoms with Crippen molar-refractivity contribution in [2.45, 2.75) is 20.4 Å². The topological polar surface area (TPSA) is 68.0 Å². The highest BCUT2D eigenvalue weighted by atomic mass is 35.5. The lowest BCUT2D eigenvalue weighted by molar-refractivity contribution is 0.0950. The second-order valence-electron chi connectivity index (χ2n) is 5.09. The van der Waals surface area contributed by atoms with E-state index in [0.29, 0.717) is 12.3 Å². The first kappa shape index (κ1) is 16.6. The summed E-state index contributed by atoms with van der Waals surface area (Å²) in [5, 5.41) is 7.67. The summed E-state index contributed by atoms with van der Waals surface area (Å²) in [6.45, 7) is 3.80. The largest absolute Gasteiger partial charge is 0.360 e. The third kappa shape index (κ3) is 3.18. The number of thiazole rings is 1. The van der Waals surface area contributed by atoms with Crippen LogP contribution in [0.3, 0.4) is 0 Å². The zero-order chi connectivity index (χ0) is 17.3. The van der Waals surface area contributed by atoms with Gasteiger partial charge in [-0.15, -0.1) is 11.3 Å². The van der Waals surface area contributed by atoms with Crippen LogP contribution in [0.5, 0.6) is 0 Å². The molecule has 2 heterocycles. The van der Waals surface area contributed by atoms with Crippen LogP contribution in [0, 0.1) is 19.7 Å². The first-order valence-corrected chi connectivity index (χ1v) is 8.27. The molecule has 1 amide bonds. The predicted octanol–water partition coefficient (Wildman–Crippen LogP) is 4.14. The van der Waals surface area contributed by atoms with Gasteiger partial charge < -0.3 is 9.84 Å². The third-order valence-corrected chi connectivity index (χ3v) is 4.61. The van der Waals surface area contributed by atoms with Crippen LogP contribution in [0.4, 0.5) is 4.39 Å². The van der Waals surface area contributed by atoms with E-state index in [1.54, 1.807) is 13.1 Å². The molecule has 0 aliphatic heterocycles. The van der Waals surface area contributed by atoms with Gasteiger partial charge in [-0.05, 0) is 26.0 Å². The van der Waals surface area contributed by atoms with Crippen LogP contribution in [0.2, 0.25) is 5.02 Å². The van der Waals surface area contributed by atoms with Gasteiger partial charge in [-0.25, -0.2) is 9.37 Å². The summed E-state index contributed by atoms with van der Waals surface area (Å²) in [4.78, 5) is 17.6. The van der Waals surface area contributed by atoms with E-state index in [4.69, 9.17) is 16.1 Å². The fraction of sp³-hybridized carbons (Fsp3) is 0.188. The van der Waals surface area contributed by atoms with Crippen LogP contribution in [-0.4, -0.2) is 16.0 Å². The number of hydrogen-bond acceptors (Lipinski definition) is 5. The van der Waals surface area contributed by atoms with Crippen molar-refractivity contribution >= 4 is 28.8 Å². The first-order valence-electron chi connectivity index (χ1n) is 7.07. The molecular weight excluding hydrogens is 353 g/mol. The van der Waals surface area contributed by atoms with Gasteiger partial charge in [-0.3, -0.25) is 4.79 Å². The number of benzene rings is 1. The van der Waals surface area contributed by atoms with E-state index < -0.39 is 11.7 Å². The number of carbonyl (C=O) groups is 1. The molecule has 1 aromatic carbocycles. The lowest BCUT2D eigenvalue weighted by Gasteiger charge is -2.06. The number of nitrogens with zero attached hydrogens (tertiary/aromatic N) is 2. The molecule has 0 saturated carbocycles. The van der Waals surface area contributed by atoms with Crippen LogP contribution >= 0.6 is 22.9 Å². The van der Waals surface area contributed by atoms with Crippen LogP contribution in [-0.2, 0) is 6.54 Å². The summed E-state index contributed by atoms with van der Waals surface area (Å²) < 4.78 is 19.2. The van der Waals surface area contributed by atoms with E-state index in [2.05, 4.69) is 15.5 Å². The summed E-state index contributed by atoms with van der Waals surface area (Å²) in [6, 6.07) is 4.28. The number of aryl methyl sites for hydroxylation is 2. The zero-order valence-electron chi connectivity index (χ0n) is 12.9. The molecule has 0 atom stereocenters. The van der Waals surface area contributed by atoms with Gasteiger partial charge in [0, 0.05) is 11.1 Å². The van der Waals surface area contributed by atoms with E-state index >= 15 is 0 Å². The summed E-state index contributed by atoms with van der Waals surface area (Å²) in [7, 11) is 0. The van der Waals surface area contributed by atoms with Gasteiger partial charge in [0.25, 0.3) is 5.91 Å². The fourth-order valence-corrected chi connectivity index (χ4v) is 3.26. The maximum atomic E-state index is 14.1. The molecule has 8 heteroatoms. The molecule has 0 bridgehead atoms. The molecule has 0 fully saturated rings. The second kappa shape index (κ2) is 6.70. The minimum atomic E-state index is -0.567. The van der Waals surface area contributed by atoms with E-state index in [-0.39, 0.29) is 21.8 Å². The molecule has 124 valence electrons. The molecule has 0 radical (unpaired) electrons.